The van der Waals surface area contributed by atoms with Gasteiger partial charge in [-0.15, -0.1) is 0 Å². The van der Waals surface area contributed by atoms with Gasteiger partial charge in [0.1, 0.15) is 0 Å². The molecule has 0 bridgehead atoms. The smallest absolute Gasteiger partial charge is 0.252 e. The van der Waals surface area contributed by atoms with Gasteiger partial charge in [0.05, 0.1) is 5.69 Å². The molecule has 0 radical (unpaired) electrons. The summed E-state index contributed by atoms with van der Waals surface area (Å²) in [5, 5.41) is 0. The van der Waals surface area contributed by atoms with Gasteiger partial charge in [-0.25, -0.2) is 0 Å². The average molecular weight is 843 g/mol. The van der Waals surface area contributed by atoms with Crippen molar-refractivity contribution < 1.29 is 0 Å². The Morgan fingerprint density at radius 2 is 0.953 bits per heavy atom. The molecule has 0 fully saturated rings. The Balaban J connectivity index is 1.35. The van der Waals surface area contributed by atoms with Gasteiger partial charge in [-0.1, -0.05) is 158 Å². The fraction of sp³-hybridized carbons (Fsp3) is 0.410. The van der Waals surface area contributed by atoms with Crippen LogP contribution in [0.4, 0.5) is 34.1 Å². The van der Waals surface area contributed by atoms with E-state index in [4.69, 9.17) is 0 Å². The number of anilines is 6. The lowest BCUT2D eigenvalue weighted by atomic mass is 9.33. The van der Waals surface area contributed by atoms with Gasteiger partial charge in [-0.2, -0.15) is 0 Å². The molecule has 2 heterocycles. The van der Waals surface area contributed by atoms with E-state index in [-0.39, 0.29) is 39.2 Å². The number of aryl methyl sites for hydroxylation is 2. The van der Waals surface area contributed by atoms with Crippen LogP contribution in [0, 0.1) is 13.8 Å². The highest BCUT2D eigenvalue weighted by Gasteiger charge is 2.48. The van der Waals surface area contributed by atoms with E-state index in [1.165, 1.54) is 119 Å². The maximum absolute atomic E-state index is 2.72. The van der Waals surface area contributed by atoms with Crippen molar-refractivity contribution in [2.24, 2.45) is 0 Å². The maximum Gasteiger partial charge on any atom is 0.252 e. The van der Waals surface area contributed by atoms with Crippen LogP contribution in [0.3, 0.4) is 0 Å². The molecule has 0 saturated carbocycles. The zero-order valence-corrected chi connectivity index (χ0v) is 41.9. The fourth-order valence-corrected chi connectivity index (χ4v) is 12.6. The van der Waals surface area contributed by atoms with E-state index in [9.17, 15) is 0 Å². The molecule has 2 nitrogen and oxygen atoms in total. The zero-order valence-electron chi connectivity index (χ0n) is 41.9. The van der Waals surface area contributed by atoms with E-state index in [1.807, 2.05) is 0 Å². The number of rotatable bonds is 3. The largest absolute Gasteiger partial charge is 0.311 e. The second-order valence-corrected chi connectivity index (χ2v) is 25.0. The molecule has 0 spiro atoms. The first-order chi connectivity index (χ1) is 29.8. The standard InChI is InChI=1S/C61H71BN2/c1-37-28-53-55-54(29-37)64(50-34-46-43(30-38(50)2)60(13,14)36-61(46,15)16)52-35-45-44(58(9,10)26-27-59(45,11)12)33-48(52)62(55)47-24-22-41(57(6,7)8)32-51(47)63(53)49-25-23-40(56(3,4)5)31-42(49)39-20-18-17-19-21-39/h17-25,28-35H,26-27,36H2,1-16H3. The van der Waals surface area contributed by atoms with Crippen LogP contribution < -0.4 is 26.2 Å². The van der Waals surface area contributed by atoms with E-state index >= 15 is 0 Å². The first-order valence-corrected chi connectivity index (χ1v) is 24.2. The predicted molar refractivity (Wildman–Crippen MR) is 279 cm³/mol. The number of nitrogens with zero attached hydrogens (tertiary/aromatic N) is 2. The van der Waals surface area contributed by atoms with Gasteiger partial charge >= 0.3 is 0 Å². The van der Waals surface area contributed by atoms with Crippen LogP contribution in [-0.2, 0) is 32.5 Å². The minimum Gasteiger partial charge on any atom is -0.311 e. The SMILES string of the molecule is Cc1cc2c3c(c1)N(c1ccc(C(C)(C)C)cc1-c1ccccc1)c1cc(C(C)(C)C)ccc1B3c1cc3c(cc1N2c1cc2c(cc1C)C(C)(C)CC2(C)C)C(C)(C)CCC3(C)C. The molecular formula is C61H71BN2. The molecule has 0 atom stereocenters. The van der Waals surface area contributed by atoms with Crippen LogP contribution in [-0.4, -0.2) is 6.71 Å². The molecule has 6 aromatic rings. The first-order valence-electron chi connectivity index (χ1n) is 24.2. The first kappa shape index (κ1) is 42.9. The third kappa shape index (κ3) is 6.48. The number of hydrogen-bond acceptors (Lipinski definition) is 2. The van der Waals surface area contributed by atoms with Crippen molar-refractivity contribution in [2.75, 3.05) is 9.80 Å². The predicted octanol–water partition coefficient (Wildman–Crippen LogP) is 15.0. The third-order valence-corrected chi connectivity index (χ3v) is 16.2. The van der Waals surface area contributed by atoms with E-state index in [1.54, 1.807) is 0 Å². The molecule has 64 heavy (non-hydrogen) atoms. The lowest BCUT2D eigenvalue weighted by Gasteiger charge is -2.48. The van der Waals surface area contributed by atoms with E-state index in [0.29, 0.717) is 0 Å². The van der Waals surface area contributed by atoms with Crippen LogP contribution in [0.2, 0.25) is 0 Å². The molecule has 328 valence electrons. The molecule has 6 aromatic carbocycles. The average Bonchev–Trinajstić information content (AvgIpc) is 3.39. The van der Waals surface area contributed by atoms with Gasteiger partial charge in [0, 0.05) is 34.0 Å². The van der Waals surface area contributed by atoms with Crippen molar-refractivity contribution in [3.63, 3.8) is 0 Å². The molecule has 0 saturated heterocycles. The summed E-state index contributed by atoms with van der Waals surface area (Å²) in [7, 11) is 0. The van der Waals surface area contributed by atoms with Crippen LogP contribution in [0.5, 0.6) is 0 Å². The van der Waals surface area contributed by atoms with Gasteiger partial charge in [-0.3, -0.25) is 0 Å². The van der Waals surface area contributed by atoms with Gasteiger partial charge < -0.3 is 9.80 Å². The summed E-state index contributed by atoms with van der Waals surface area (Å²) in [4.78, 5) is 5.39. The summed E-state index contributed by atoms with van der Waals surface area (Å²) in [5.74, 6) is 0. The summed E-state index contributed by atoms with van der Waals surface area (Å²) in [6.45, 7) is 38.6. The molecule has 0 amide bonds. The lowest BCUT2D eigenvalue weighted by molar-refractivity contribution is 0.332. The number of hydrogen-bond donors (Lipinski definition) is 0. The molecule has 2 aliphatic heterocycles. The molecule has 2 aliphatic carbocycles. The highest BCUT2D eigenvalue weighted by molar-refractivity contribution is 7.00. The van der Waals surface area contributed by atoms with E-state index in [2.05, 4.69) is 224 Å². The topological polar surface area (TPSA) is 6.48 Å². The second kappa shape index (κ2) is 13.8. The Bertz CT molecular complexity index is 2910. The van der Waals surface area contributed by atoms with Gasteiger partial charge in [0.2, 0.25) is 0 Å². The van der Waals surface area contributed by atoms with E-state index < -0.39 is 0 Å². The molecule has 0 aromatic heterocycles. The monoisotopic (exact) mass is 843 g/mol. The second-order valence-electron chi connectivity index (χ2n) is 25.0. The van der Waals surface area contributed by atoms with Crippen molar-refractivity contribution in [3.05, 3.63) is 148 Å². The van der Waals surface area contributed by atoms with E-state index in [0.717, 1.165) is 6.42 Å². The summed E-state index contributed by atoms with van der Waals surface area (Å²) in [6, 6.07) is 41.4. The Morgan fingerprint density at radius 1 is 0.453 bits per heavy atom. The molecular weight excluding hydrogens is 771 g/mol. The molecule has 10 rings (SSSR count). The van der Waals surface area contributed by atoms with Gasteiger partial charge in [0.15, 0.2) is 0 Å². The Morgan fingerprint density at radius 3 is 1.56 bits per heavy atom. The summed E-state index contributed by atoms with van der Waals surface area (Å²) >= 11 is 0. The quantitative estimate of drug-likeness (QED) is 0.164. The number of benzene rings is 6. The molecule has 3 heteroatoms. The lowest BCUT2D eigenvalue weighted by Crippen LogP contribution is -2.62. The van der Waals surface area contributed by atoms with Crippen LogP contribution in [0.1, 0.15) is 161 Å². The van der Waals surface area contributed by atoms with Crippen LogP contribution in [0.25, 0.3) is 11.1 Å². The van der Waals surface area contributed by atoms with Crippen molar-refractivity contribution in [1.82, 2.24) is 0 Å². The maximum atomic E-state index is 2.72. The molecule has 0 unspecified atom stereocenters. The highest BCUT2D eigenvalue weighted by atomic mass is 15.2. The number of fused-ring (bicyclic) bond motifs is 6. The zero-order chi connectivity index (χ0) is 45.8. The van der Waals surface area contributed by atoms with Crippen molar-refractivity contribution in [2.45, 2.75) is 163 Å². The Labute approximate surface area is 386 Å². The normalized spacial score (nSPS) is 18.5. The van der Waals surface area contributed by atoms with Crippen LogP contribution >= 0.6 is 0 Å². The van der Waals surface area contributed by atoms with Crippen molar-refractivity contribution in [3.8, 4) is 11.1 Å². The molecule has 4 aliphatic rings. The van der Waals surface area contributed by atoms with Crippen LogP contribution in [0.15, 0.2) is 103 Å². The summed E-state index contributed by atoms with van der Waals surface area (Å²) in [6.07, 6.45) is 3.51. The third-order valence-electron chi connectivity index (χ3n) is 16.2. The Kier molecular flexibility index (Phi) is 9.22. The summed E-state index contributed by atoms with van der Waals surface area (Å²) < 4.78 is 0. The highest BCUT2D eigenvalue weighted by Crippen LogP contribution is 2.55. The van der Waals surface area contributed by atoms with Crippen molar-refractivity contribution >= 4 is 57.2 Å². The minimum atomic E-state index is -0.0273. The summed E-state index contributed by atoms with van der Waals surface area (Å²) in [5.41, 5.74) is 26.1. The fourth-order valence-electron chi connectivity index (χ4n) is 12.6. The molecule has 0 N–H and O–H groups in total. The van der Waals surface area contributed by atoms with Gasteiger partial charge in [0.25, 0.3) is 6.71 Å². The minimum absolute atomic E-state index is 0.00193. The Hall–Kier alpha value is -5.02. The van der Waals surface area contributed by atoms with Crippen molar-refractivity contribution in [1.29, 1.82) is 0 Å². The van der Waals surface area contributed by atoms with Gasteiger partial charge in [-0.05, 0) is 175 Å².